The second-order valence-electron chi connectivity index (χ2n) is 5.47. The van der Waals surface area contributed by atoms with Crippen LogP contribution in [0.4, 0.5) is 0 Å². The summed E-state index contributed by atoms with van der Waals surface area (Å²) in [7, 11) is 0. The lowest BCUT2D eigenvalue weighted by Crippen LogP contribution is -2.69. The Balaban J connectivity index is 2.05. The molecule has 4 amide bonds. The van der Waals surface area contributed by atoms with Crippen molar-refractivity contribution < 1.29 is 24.0 Å². The molecule has 1 aromatic carbocycles. The molecule has 117 valence electrons. The number of carbonyl (C=O) groups excluding carboxylic acids is 5. The number of nitrogens with zero attached hydrogens (tertiary/aromatic N) is 1. The first-order valence-corrected chi connectivity index (χ1v) is 6.87. The summed E-state index contributed by atoms with van der Waals surface area (Å²) in [4.78, 5) is 60.1. The van der Waals surface area contributed by atoms with E-state index in [-0.39, 0.29) is 30.5 Å². The maximum absolute atomic E-state index is 12.6. The second kappa shape index (κ2) is 5.01. The number of nitrogens with two attached hydrogens (primary N) is 1. The predicted octanol–water partition coefficient (Wildman–Crippen LogP) is -1.24. The quantitative estimate of drug-likeness (QED) is 0.533. The molecule has 8 nitrogen and oxygen atoms in total. The van der Waals surface area contributed by atoms with E-state index in [2.05, 4.69) is 5.32 Å². The van der Waals surface area contributed by atoms with Crippen LogP contribution in [-0.2, 0) is 25.7 Å². The third-order valence-electron chi connectivity index (χ3n) is 4.24. The zero-order chi connectivity index (χ0) is 16.8. The highest BCUT2D eigenvalue weighted by Gasteiger charge is 2.56. The van der Waals surface area contributed by atoms with E-state index < -0.39 is 29.2 Å². The van der Waals surface area contributed by atoms with Crippen LogP contribution >= 0.6 is 0 Å². The van der Waals surface area contributed by atoms with Gasteiger partial charge in [-0.25, -0.2) is 0 Å². The molecule has 1 aromatic rings. The fourth-order valence-corrected chi connectivity index (χ4v) is 3.00. The van der Waals surface area contributed by atoms with E-state index in [9.17, 15) is 24.0 Å². The molecular formula is C15H12N3O5. The summed E-state index contributed by atoms with van der Waals surface area (Å²) in [6.07, 6.45) is 1.42. The smallest absolute Gasteiger partial charge is 0.262 e. The SMILES string of the molecule is NC(=O)[C@@]1(N2Cc3ccc([C]=O)cc3C2=O)CCC(=O)NC1=O. The van der Waals surface area contributed by atoms with Crippen molar-refractivity contribution >= 4 is 29.9 Å². The minimum absolute atomic E-state index is 0.00213. The Morgan fingerprint density at radius 2 is 2.04 bits per heavy atom. The Hall–Kier alpha value is -3.03. The van der Waals surface area contributed by atoms with Crippen molar-refractivity contribution in [3.63, 3.8) is 0 Å². The van der Waals surface area contributed by atoms with Crippen molar-refractivity contribution in [2.45, 2.75) is 24.9 Å². The molecule has 1 fully saturated rings. The van der Waals surface area contributed by atoms with Gasteiger partial charge in [0.25, 0.3) is 17.7 Å². The predicted molar refractivity (Wildman–Crippen MR) is 75.4 cm³/mol. The zero-order valence-corrected chi connectivity index (χ0v) is 11.9. The largest absolute Gasteiger partial charge is 0.367 e. The maximum atomic E-state index is 12.6. The topological polar surface area (TPSA) is 127 Å². The fraction of sp³-hybridized carbons (Fsp3) is 0.267. The second-order valence-corrected chi connectivity index (χ2v) is 5.47. The normalized spacial score (nSPS) is 23.5. The zero-order valence-electron chi connectivity index (χ0n) is 11.9. The van der Waals surface area contributed by atoms with Crippen molar-refractivity contribution in [3.8, 4) is 0 Å². The van der Waals surface area contributed by atoms with Gasteiger partial charge in [0, 0.05) is 24.1 Å². The van der Waals surface area contributed by atoms with E-state index in [1.807, 2.05) is 0 Å². The van der Waals surface area contributed by atoms with E-state index in [0.29, 0.717) is 5.56 Å². The third-order valence-corrected chi connectivity index (χ3v) is 4.24. The van der Waals surface area contributed by atoms with E-state index in [1.165, 1.54) is 12.1 Å². The third kappa shape index (κ3) is 2.02. The molecule has 0 aliphatic carbocycles. The number of benzene rings is 1. The van der Waals surface area contributed by atoms with Crippen LogP contribution in [0, 0.1) is 0 Å². The lowest BCUT2D eigenvalue weighted by molar-refractivity contribution is -0.149. The first-order valence-electron chi connectivity index (χ1n) is 6.87. The highest BCUT2D eigenvalue weighted by atomic mass is 16.2. The molecule has 2 aliphatic heterocycles. The number of nitrogens with one attached hydrogen (secondary N) is 1. The van der Waals surface area contributed by atoms with Gasteiger partial charge in [0.05, 0.1) is 0 Å². The number of carbonyl (C=O) groups is 4. The van der Waals surface area contributed by atoms with Crippen LogP contribution in [0.1, 0.15) is 34.3 Å². The van der Waals surface area contributed by atoms with Crippen LogP contribution in [0.25, 0.3) is 0 Å². The molecule has 0 saturated carbocycles. The molecule has 1 saturated heterocycles. The summed E-state index contributed by atoms with van der Waals surface area (Å²) in [5.41, 5.74) is 4.47. The van der Waals surface area contributed by atoms with Crippen LogP contribution in [-0.4, -0.2) is 40.4 Å². The monoisotopic (exact) mass is 314 g/mol. The molecule has 8 heteroatoms. The van der Waals surface area contributed by atoms with Gasteiger partial charge in [-0.05, 0) is 18.1 Å². The number of fused-ring (bicyclic) bond motifs is 1. The van der Waals surface area contributed by atoms with Gasteiger partial charge < -0.3 is 10.6 Å². The number of imide groups is 1. The summed E-state index contributed by atoms with van der Waals surface area (Å²) in [6.45, 7) is -0.00213. The van der Waals surface area contributed by atoms with Gasteiger partial charge >= 0.3 is 0 Å². The van der Waals surface area contributed by atoms with Gasteiger partial charge in [-0.1, -0.05) is 12.1 Å². The highest BCUT2D eigenvalue weighted by Crippen LogP contribution is 2.34. The number of hydrogen-bond acceptors (Lipinski definition) is 5. The first-order chi connectivity index (χ1) is 10.9. The highest BCUT2D eigenvalue weighted by molar-refractivity contribution is 6.19. The van der Waals surface area contributed by atoms with E-state index in [1.54, 1.807) is 12.4 Å². The van der Waals surface area contributed by atoms with Crippen LogP contribution < -0.4 is 11.1 Å². The van der Waals surface area contributed by atoms with Crippen LogP contribution in [0.5, 0.6) is 0 Å². The van der Waals surface area contributed by atoms with Crippen molar-refractivity contribution in [3.05, 3.63) is 34.9 Å². The van der Waals surface area contributed by atoms with E-state index in [4.69, 9.17) is 5.73 Å². The Morgan fingerprint density at radius 3 is 2.65 bits per heavy atom. The Kier molecular flexibility index (Phi) is 3.24. The Labute approximate surface area is 130 Å². The summed E-state index contributed by atoms with van der Waals surface area (Å²) >= 11 is 0. The van der Waals surface area contributed by atoms with Gasteiger partial charge in [0.1, 0.15) is 0 Å². The summed E-state index contributed by atoms with van der Waals surface area (Å²) < 4.78 is 0. The lowest BCUT2D eigenvalue weighted by Gasteiger charge is -2.39. The number of hydrogen-bond donors (Lipinski definition) is 2. The minimum atomic E-state index is -1.91. The number of piperidine rings is 1. The van der Waals surface area contributed by atoms with Crippen LogP contribution in [0.15, 0.2) is 18.2 Å². The van der Waals surface area contributed by atoms with Crippen molar-refractivity contribution in [1.82, 2.24) is 10.2 Å². The summed E-state index contributed by atoms with van der Waals surface area (Å²) in [5, 5.41) is 2.06. The standard InChI is InChI=1S/C15H12N3O5/c16-13(22)15(4-3-11(20)17-14(15)23)18-6-9-2-1-8(7-19)5-10(9)12(18)21/h1-2,5H,3-4,6H2,(H2,16,22)(H,17,20,23)/t15-/m0/s1. The molecule has 23 heavy (non-hydrogen) atoms. The molecule has 1 atom stereocenters. The fourth-order valence-electron chi connectivity index (χ4n) is 3.00. The number of primary amides is 1. The van der Waals surface area contributed by atoms with Crippen LogP contribution in [0.2, 0.25) is 0 Å². The minimum Gasteiger partial charge on any atom is -0.367 e. The van der Waals surface area contributed by atoms with E-state index in [0.717, 1.165) is 4.90 Å². The molecule has 2 aliphatic rings. The lowest BCUT2D eigenvalue weighted by atomic mass is 9.86. The van der Waals surface area contributed by atoms with Gasteiger partial charge in [0.15, 0.2) is 0 Å². The molecule has 1 radical (unpaired) electrons. The maximum Gasteiger partial charge on any atom is 0.262 e. The summed E-state index contributed by atoms with van der Waals surface area (Å²) in [5.74, 6) is -3.00. The Morgan fingerprint density at radius 1 is 1.30 bits per heavy atom. The summed E-state index contributed by atoms with van der Waals surface area (Å²) in [6, 6.07) is 4.41. The average molecular weight is 314 g/mol. The van der Waals surface area contributed by atoms with Gasteiger partial charge in [-0.3, -0.25) is 29.3 Å². The van der Waals surface area contributed by atoms with Gasteiger partial charge in [-0.15, -0.1) is 0 Å². The van der Waals surface area contributed by atoms with Crippen molar-refractivity contribution in [2.24, 2.45) is 5.73 Å². The molecule has 0 unspecified atom stereocenters. The van der Waals surface area contributed by atoms with Crippen molar-refractivity contribution in [2.75, 3.05) is 0 Å². The number of amides is 4. The van der Waals surface area contributed by atoms with Crippen LogP contribution in [0.3, 0.4) is 0 Å². The molecule has 2 heterocycles. The molecule has 0 aromatic heterocycles. The van der Waals surface area contributed by atoms with E-state index >= 15 is 0 Å². The molecule has 0 bridgehead atoms. The van der Waals surface area contributed by atoms with Gasteiger partial charge in [0.2, 0.25) is 17.7 Å². The number of rotatable bonds is 3. The van der Waals surface area contributed by atoms with Crippen molar-refractivity contribution in [1.29, 1.82) is 0 Å². The van der Waals surface area contributed by atoms with Gasteiger partial charge in [-0.2, -0.15) is 0 Å². The molecule has 3 rings (SSSR count). The Bertz CT molecular complexity index is 772. The first kappa shape index (κ1) is 14.9. The molecule has 3 N–H and O–H groups in total. The molecule has 0 spiro atoms. The molecular weight excluding hydrogens is 302 g/mol. The average Bonchev–Trinajstić information content (AvgIpc) is 2.84.